The Bertz CT molecular complexity index is 370. The van der Waals surface area contributed by atoms with Crippen molar-refractivity contribution in [3.05, 3.63) is 28.2 Å². The molecular formula is C7H7ClN4S. The Morgan fingerprint density at radius 2 is 2.46 bits per heavy atom. The van der Waals surface area contributed by atoms with Crippen LogP contribution in [0.5, 0.6) is 0 Å². The molecule has 0 saturated carbocycles. The van der Waals surface area contributed by atoms with E-state index in [0.29, 0.717) is 18.2 Å². The smallest absolute Gasteiger partial charge is 0.166 e. The first-order chi connectivity index (χ1) is 6.40. The van der Waals surface area contributed by atoms with Gasteiger partial charge >= 0.3 is 0 Å². The van der Waals surface area contributed by atoms with Crippen LogP contribution in [-0.4, -0.2) is 20.2 Å². The summed E-state index contributed by atoms with van der Waals surface area (Å²) in [7, 11) is 0. The summed E-state index contributed by atoms with van der Waals surface area (Å²) in [5.41, 5.74) is 1.20. The third-order valence-electron chi connectivity index (χ3n) is 1.64. The molecule has 0 saturated heterocycles. The molecule has 0 aliphatic rings. The molecule has 0 bridgehead atoms. The zero-order chi connectivity index (χ0) is 9.10. The van der Waals surface area contributed by atoms with Crippen molar-refractivity contribution in [2.45, 2.75) is 12.4 Å². The molecular weight excluding hydrogens is 208 g/mol. The lowest BCUT2D eigenvalue weighted by Gasteiger charge is -1.98. The number of hydrogen-bond donors (Lipinski definition) is 0. The minimum atomic E-state index is 0.344. The average molecular weight is 215 g/mol. The van der Waals surface area contributed by atoms with Crippen LogP contribution in [-0.2, 0) is 12.4 Å². The van der Waals surface area contributed by atoms with Gasteiger partial charge in [-0.15, -0.1) is 16.7 Å². The van der Waals surface area contributed by atoms with Gasteiger partial charge in [-0.1, -0.05) is 0 Å². The van der Waals surface area contributed by atoms with Crippen LogP contribution in [0, 0.1) is 0 Å². The normalized spacial score (nSPS) is 10.5. The van der Waals surface area contributed by atoms with Crippen LogP contribution in [0.1, 0.15) is 11.4 Å². The Kier molecular flexibility index (Phi) is 2.56. The van der Waals surface area contributed by atoms with Gasteiger partial charge < -0.3 is 0 Å². The summed E-state index contributed by atoms with van der Waals surface area (Å²) in [4.78, 5) is 0. The first-order valence-electron chi connectivity index (χ1n) is 3.72. The maximum atomic E-state index is 5.65. The van der Waals surface area contributed by atoms with Crippen LogP contribution in [0.3, 0.4) is 0 Å². The molecule has 0 N–H and O–H groups in total. The van der Waals surface area contributed by atoms with Gasteiger partial charge in [0, 0.05) is 0 Å². The van der Waals surface area contributed by atoms with E-state index in [1.165, 1.54) is 5.56 Å². The molecule has 0 aliphatic carbocycles. The molecule has 68 valence electrons. The van der Waals surface area contributed by atoms with Gasteiger partial charge in [0.15, 0.2) is 5.82 Å². The maximum absolute atomic E-state index is 5.65. The number of thiophene rings is 1. The number of alkyl halides is 1. The van der Waals surface area contributed by atoms with Crippen LogP contribution >= 0.6 is 22.9 Å². The predicted octanol–water partition coefficient (Wildman–Crippen LogP) is 1.52. The SMILES string of the molecule is ClCc1nnnn1Cc1ccsc1. The fraction of sp³-hybridized carbons (Fsp3) is 0.286. The predicted molar refractivity (Wildman–Crippen MR) is 50.8 cm³/mol. The van der Waals surface area contributed by atoms with Crippen molar-refractivity contribution in [2.75, 3.05) is 0 Å². The molecule has 6 heteroatoms. The van der Waals surface area contributed by atoms with Crippen LogP contribution in [0.4, 0.5) is 0 Å². The highest BCUT2D eigenvalue weighted by molar-refractivity contribution is 7.07. The standard InChI is InChI=1S/C7H7ClN4S/c8-3-7-9-10-11-12(7)4-6-1-2-13-5-6/h1-2,5H,3-4H2. The summed E-state index contributed by atoms with van der Waals surface area (Å²) >= 11 is 7.31. The first kappa shape index (κ1) is 8.65. The van der Waals surface area contributed by atoms with Gasteiger partial charge in [0.05, 0.1) is 12.4 Å². The van der Waals surface area contributed by atoms with Crippen LogP contribution in [0.2, 0.25) is 0 Å². The summed E-state index contributed by atoms with van der Waals surface area (Å²) in [6.45, 7) is 0.693. The Balaban J connectivity index is 2.18. The summed E-state index contributed by atoms with van der Waals surface area (Å²) < 4.78 is 1.70. The summed E-state index contributed by atoms with van der Waals surface area (Å²) in [5.74, 6) is 1.05. The lowest BCUT2D eigenvalue weighted by Crippen LogP contribution is -2.04. The monoisotopic (exact) mass is 214 g/mol. The van der Waals surface area contributed by atoms with E-state index in [-0.39, 0.29) is 0 Å². The summed E-state index contributed by atoms with van der Waals surface area (Å²) in [5, 5.41) is 15.3. The van der Waals surface area contributed by atoms with Crippen molar-refractivity contribution in [1.29, 1.82) is 0 Å². The highest BCUT2D eigenvalue weighted by Gasteiger charge is 2.04. The lowest BCUT2D eigenvalue weighted by molar-refractivity contribution is 0.632. The van der Waals surface area contributed by atoms with E-state index in [2.05, 4.69) is 20.9 Å². The van der Waals surface area contributed by atoms with Gasteiger partial charge in [-0.05, 0) is 32.8 Å². The summed E-state index contributed by atoms with van der Waals surface area (Å²) in [6, 6.07) is 2.05. The van der Waals surface area contributed by atoms with Crippen LogP contribution < -0.4 is 0 Å². The number of halogens is 1. The largest absolute Gasteiger partial charge is 0.224 e. The van der Waals surface area contributed by atoms with Gasteiger partial charge in [-0.2, -0.15) is 11.3 Å². The number of aromatic nitrogens is 4. The zero-order valence-electron chi connectivity index (χ0n) is 6.72. The Morgan fingerprint density at radius 1 is 1.54 bits per heavy atom. The van der Waals surface area contributed by atoms with Gasteiger partial charge in [0.2, 0.25) is 0 Å². The van der Waals surface area contributed by atoms with Gasteiger partial charge in [0.1, 0.15) is 0 Å². The van der Waals surface area contributed by atoms with Crippen molar-refractivity contribution >= 4 is 22.9 Å². The Morgan fingerprint density at radius 3 is 3.15 bits per heavy atom. The molecule has 2 heterocycles. The maximum Gasteiger partial charge on any atom is 0.166 e. The van der Waals surface area contributed by atoms with Crippen molar-refractivity contribution in [3.8, 4) is 0 Å². The molecule has 2 aromatic heterocycles. The van der Waals surface area contributed by atoms with Crippen molar-refractivity contribution in [3.63, 3.8) is 0 Å². The molecule has 0 radical (unpaired) electrons. The highest BCUT2D eigenvalue weighted by atomic mass is 35.5. The molecule has 0 amide bonds. The molecule has 2 aromatic rings. The van der Waals surface area contributed by atoms with Crippen molar-refractivity contribution in [1.82, 2.24) is 20.2 Å². The molecule has 0 atom stereocenters. The number of rotatable bonds is 3. The van der Waals surface area contributed by atoms with E-state index in [9.17, 15) is 0 Å². The van der Waals surface area contributed by atoms with Crippen LogP contribution in [0.25, 0.3) is 0 Å². The van der Waals surface area contributed by atoms with Crippen molar-refractivity contribution in [2.24, 2.45) is 0 Å². The highest BCUT2D eigenvalue weighted by Crippen LogP contribution is 2.08. The minimum absolute atomic E-state index is 0.344. The second-order valence-corrected chi connectivity index (χ2v) is 3.57. The number of hydrogen-bond acceptors (Lipinski definition) is 4. The summed E-state index contributed by atoms with van der Waals surface area (Å²) in [6.07, 6.45) is 0. The molecule has 13 heavy (non-hydrogen) atoms. The lowest BCUT2D eigenvalue weighted by atomic mass is 10.3. The average Bonchev–Trinajstić information content (AvgIpc) is 2.76. The molecule has 4 nitrogen and oxygen atoms in total. The fourth-order valence-electron chi connectivity index (χ4n) is 0.997. The molecule has 0 aliphatic heterocycles. The van der Waals surface area contributed by atoms with Gasteiger partial charge in [-0.3, -0.25) is 0 Å². The fourth-order valence-corrected chi connectivity index (χ4v) is 1.85. The number of nitrogens with zero attached hydrogens (tertiary/aromatic N) is 4. The topological polar surface area (TPSA) is 43.6 Å². The van der Waals surface area contributed by atoms with E-state index < -0.39 is 0 Å². The minimum Gasteiger partial charge on any atom is -0.224 e. The third kappa shape index (κ3) is 1.87. The van der Waals surface area contributed by atoms with Gasteiger partial charge in [0.25, 0.3) is 0 Å². The molecule has 0 aromatic carbocycles. The Hall–Kier alpha value is -0.940. The van der Waals surface area contributed by atoms with E-state index in [1.54, 1.807) is 16.0 Å². The number of tetrazole rings is 1. The molecule has 0 fully saturated rings. The first-order valence-corrected chi connectivity index (χ1v) is 5.20. The zero-order valence-corrected chi connectivity index (χ0v) is 8.29. The molecule has 0 unspecified atom stereocenters. The second kappa shape index (κ2) is 3.85. The van der Waals surface area contributed by atoms with Gasteiger partial charge in [-0.25, -0.2) is 4.68 Å². The quantitative estimate of drug-likeness (QED) is 0.728. The van der Waals surface area contributed by atoms with Crippen molar-refractivity contribution < 1.29 is 0 Å². The van der Waals surface area contributed by atoms with E-state index >= 15 is 0 Å². The molecule has 2 rings (SSSR count). The second-order valence-electron chi connectivity index (χ2n) is 2.52. The van der Waals surface area contributed by atoms with E-state index in [1.807, 2.05) is 11.4 Å². The Labute approximate surface area is 84.1 Å². The van der Waals surface area contributed by atoms with Crippen LogP contribution in [0.15, 0.2) is 16.8 Å². The molecule has 0 spiro atoms. The third-order valence-corrected chi connectivity index (χ3v) is 2.61. The van der Waals surface area contributed by atoms with E-state index in [0.717, 1.165) is 0 Å². The van der Waals surface area contributed by atoms with E-state index in [4.69, 9.17) is 11.6 Å².